The molecule has 3 aromatic rings. The summed E-state index contributed by atoms with van der Waals surface area (Å²) in [5, 5.41) is 7.73. The third kappa shape index (κ3) is 10.8. The maximum Gasteiger partial charge on any atom is 0.245 e. The van der Waals surface area contributed by atoms with Crippen molar-refractivity contribution in [3.63, 3.8) is 0 Å². The van der Waals surface area contributed by atoms with Gasteiger partial charge in [0.25, 0.3) is 0 Å². The highest BCUT2D eigenvalue weighted by Crippen LogP contribution is 2.27. The summed E-state index contributed by atoms with van der Waals surface area (Å²) in [6.45, 7) is 2.44. The van der Waals surface area contributed by atoms with Crippen molar-refractivity contribution < 1.29 is 23.9 Å². The van der Waals surface area contributed by atoms with Crippen molar-refractivity contribution in [2.45, 2.75) is 76.3 Å². The van der Waals surface area contributed by atoms with E-state index >= 15 is 0 Å². The topological polar surface area (TPSA) is 195 Å². The zero-order valence-corrected chi connectivity index (χ0v) is 26.8. The molecule has 1 fully saturated rings. The Balaban J connectivity index is 1.53. The summed E-state index contributed by atoms with van der Waals surface area (Å²) >= 11 is 0. The highest BCUT2D eigenvalue weighted by atomic mass is 16.5. The van der Waals surface area contributed by atoms with Gasteiger partial charge in [0.05, 0.1) is 12.7 Å². The van der Waals surface area contributed by atoms with Crippen LogP contribution in [0.5, 0.6) is 0 Å². The average molecular weight is 644 g/mol. The van der Waals surface area contributed by atoms with Crippen LogP contribution in [-0.4, -0.2) is 71.8 Å². The molecular weight excluding hydrogens is 598 g/mol. The number of hydrogen-bond acceptors (Lipinski definition) is 6. The molecule has 0 unspecified atom stereocenters. The number of carbonyl (C=O) groups is 4. The SMILES string of the molecule is CC(=O)N[C@@H](CCC(N)=O)C(=O)N[C@H](Cc1ccccc1)C(=O)N1C[C@H](OCc2ccc3ccccc3c2)C[C@H]1CCCN=C(N)N. The number of nitrogens with zero attached hydrogens (tertiary/aromatic N) is 2. The van der Waals surface area contributed by atoms with Gasteiger partial charge in [-0.1, -0.05) is 66.7 Å². The molecule has 250 valence electrons. The van der Waals surface area contributed by atoms with Gasteiger partial charge in [-0.3, -0.25) is 24.2 Å². The number of likely N-dealkylation sites (tertiary alicyclic amines) is 1. The maximum absolute atomic E-state index is 14.3. The number of fused-ring (bicyclic) bond motifs is 1. The van der Waals surface area contributed by atoms with Crippen LogP contribution < -0.4 is 27.8 Å². The molecule has 1 aliphatic heterocycles. The van der Waals surface area contributed by atoms with Gasteiger partial charge in [-0.05, 0) is 53.6 Å². The van der Waals surface area contributed by atoms with Crippen LogP contribution in [0.1, 0.15) is 50.2 Å². The standard InChI is InChI=1S/C35H45N7O5/c1-23(43)40-30(15-16-32(36)44)33(45)41-31(19-24-8-3-2-4-9-24)34(46)42-21-29(20-28(42)12-7-17-39-35(37)38)47-22-25-13-14-26-10-5-6-11-27(26)18-25/h2-6,8-11,13-14,18,28-31H,7,12,15-17,19-22H2,1H3,(H2,36,44)(H,40,43)(H,41,45)(H4,37,38,39)/t28-,29-,30+,31-/m1/s1. The fourth-order valence-corrected chi connectivity index (χ4v) is 5.94. The van der Waals surface area contributed by atoms with Crippen LogP contribution in [-0.2, 0) is 36.9 Å². The Morgan fingerprint density at radius 1 is 0.915 bits per heavy atom. The molecule has 1 aliphatic rings. The molecular formula is C35H45N7O5. The number of guanidine groups is 1. The third-order valence-corrected chi connectivity index (χ3v) is 8.22. The first-order chi connectivity index (χ1) is 22.6. The van der Waals surface area contributed by atoms with E-state index in [-0.39, 0.29) is 43.3 Å². The maximum atomic E-state index is 14.3. The number of nitrogens with two attached hydrogens (primary N) is 3. The number of aliphatic imine (C=N–C) groups is 1. The molecule has 8 N–H and O–H groups in total. The van der Waals surface area contributed by atoms with Crippen molar-refractivity contribution in [2.75, 3.05) is 13.1 Å². The molecule has 0 aliphatic carbocycles. The smallest absolute Gasteiger partial charge is 0.245 e. The van der Waals surface area contributed by atoms with E-state index in [9.17, 15) is 19.2 Å². The Morgan fingerprint density at radius 2 is 1.64 bits per heavy atom. The van der Waals surface area contributed by atoms with E-state index in [4.69, 9.17) is 21.9 Å². The molecule has 47 heavy (non-hydrogen) atoms. The predicted molar refractivity (Wildman–Crippen MR) is 181 cm³/mol. The Hall–Kier alpha value is -4.97. The first kappa shape index (κ1) is 34.9. The second kappa shape index (κ2) is 17.1. The van der Waals surface area contributed by atoms with Gasteiger partial charge < -0.3 is 37.5 Å². The average Bonchev–Trinajstić information content (AvgIpc) is 3.46. The molecule has 12 nitrogen and oxygen atoms in total. The largest absolute Gasteiger partial charge is 0.372 e. The molecule has 0 saturated carbocycles. The van der Waals surface area contributed by atoms with E-state index < -0.39 is 29.8 Å². The molecule has 0 aromatic heterocycles. The first-order valence-electron chi connectivity index (χ1n) is 15.9. The summed E-state index contributed by atoms with van der Waals surface area (Å²) in [5.74, 6) is -1.85. The molecule has 0 bridgehead atoms. The minimum atomic E-state index is -1.03. The van der Waals surface area contributed by atoms with Crippen LogP contribution in [0.15, 0.2) is 77.8 Å². The normalized spacial score (nSPS) is 17.1. The van der Waals surface area contributed by atoms with Gasteiger partial charge in [-0.15, -0.1) is 0 Å². The molecule has 4 atom stereocenters. The fraction of sp³-hybridized carbons (Fsp3) is 0.400. The van der Waals surface area contributed by atoms with E-state index in [1.807, 2.05) is 48.5 Å². The lowest BCUT2D eigenvalue weighted by Crippen LogP contribution is -2.55. The molecule has 1 heterocycles. The van der Waals surface area contributed by atoms with Crippen molar-refractivity contribution in [3.05, 3.63) is 83.9 Å². The van der Waals surface area contributed by atoms with Crippen LogP contribution in [0.25, 0.3) is 10.8 Å². The van der Waals surface area contributed by atoms with Gasteiger partial charge in [0, 0.05) is 38.9 Å². The van der Waals surface area contributed by atoms with Crippen molar-refractivity contribution >= 4 is 40.4 Å². The van der Waals surface area contributed by atoms with Crippen LogP contribution in [0.3, 0.4) is 0 Å². The summed E-state index contributed by atoms with van der Waals surface area (Å²) in [4.78, 5) is 57.0. The van der Waals surface area contributed by atoms with Crippen molar-refractivity contribution in [1.82, 2.24) is 15.5 Å². The summed E-state index contributed by atoms with van der Waals surface area (Å²) in [6.07, 6.45) is 1.81. The number of hydrogen-bond donors (Lipinski definition) is 5. The fourth-order valence-electron chi connectivity index (χ4n) is 5.94. The molecule has 0 spiro atoms. The molecule has 12 heteroatoms. The third-order valence-electron chi connectivity index (χ3n) is 8.22. The Bertz CT molecular complexity index is 1560. The lowest BCUT2D eigenvalue weighted by Gasteiger charge is -2.30. The predicted octanol–water partition coefficient (Wildman–Crippen LogP) is 1.88. The molecule has 4 rings (SSSR count). The van der Waals surface area contributed by atoms with Crippen LogP contribution in [0.4, 0.5) is 0 Å². The Labute approximate surface area is 275 Å². The Morgan fingerprint density at radius 3 is 2.34 bits per heavy atom. The zero-order valence-electron chi connectivity index (χ0n) is 26.8. The number of rotatable bonds is 16. The summed E-state index contributed by atoms with van der Waals surface area (Å²) in [7, 11) is 0. The highest BCUT2D eigenvalue weighted by Gasteiger charge is 2.39. The lowest BCUT2D eigenvalue weighted by molar-refractivity contribution is -0.138. The number of benzene rings is 3. The highest BCUT2D eigenvalue weighted by molar-refractivity contribution is 5.92. The Kier molecular flexibility index (Phi) is 12.7. The lowest BCUT2D eigenvalue weighted by atomic mass is 10.0. The molecule has 1 saturated heterocycles. The van der Waals surface area contributed by atoms with E-state index in [1.54, 1.807) is 4.90 Å². The second-order valence-electron chi connectivity index (χ2n) is 12.0. The van der Waals surface area contributed by atoms with Crippen LogP contribution in [0.2, 0.25) is 0 Å². The van der Waals surface area contributed by atoms with Gasteiger partial charge in [-0.2, -0.15) is 0 Å². The summed E-state index contributed by atoms with van der Waals surface area (Å²) in [6, 6.07) is 21.6. The van der Waals surface area contributed by atoms with Gasteiger partial charge in [-0.25, -0.2) is 0 Å². The van der Waals surface area contributed by atoms with Gasteiger partial charge >= 0.3 is 0 Å². The van der Waals surface area contributed by atoms with Crippen molar-refractivity contribution in [2.24, 2.45) is 22.2 Å². The van der Waals surface area contributed by atoms with Crippen molar-refractivity contribution in [1.29, 1.82) is 0 Å². The van der Waals surface area contributed by atoms with Crippen LogP contribution in [0, 0.1) is 0 Å². The quantitative estimate of drug-likeness (QED) is 0.0892. The van der Waals surface area contributed by atoms with Gasteiger partial charge in [0.2, 0.25) is 23.6 Å². The summed E-state index contributed by atoms with van der Waals surface area (Å²) < 4.78 is 6.37. The minimum absolute atomic E-state index is 0.00874. The van der Waals surface area contributed by atoms with E-state index in [0.29, 0.717) is 39.0 Å². The number of carbonyl (C=O) groups excluding carboxylic acids is 4. The number of primary amides is 1. The second-order valence-corrected chi connectivity index (χ2v) is 12.0. The number of amides is 4. The zero-order chi connectivity index (χ0) is 33.8. The van der Waals surface area contributed by atoms with E-state index in [0.717, 1.165) is 21.9 Å². The molecule has 4 amide bonds. The van der Waals surface area contributed by atoms with Crippen molar-refractivity contribution in [3.8, 4) is 0 Å². The number of ether oxygens (including phenoxy) is 1. The first-order valence-corrected chi connectivity index (χ1v) is 15.9. The van der Waals surface area contributed by atoms with Crippen LogP contribution >= 0.6 is 0 Å². The molecule has 0 radical (unpaired) electrons. The number of nitrogens with one attached hydrogen (secondary N) is 2. The summed E-state index contributed by atoms with van der Waals surface area (Å²) in [5.41, 5.74) is 18.2. The van der Waals surface area contributed by atoms with Gasteiger partial charge in [0.15, 0.2) is 5.96 Å². The van der Waals surface area contributed by atoms with E-state index in [1.165, 1.54) is 6.92 Å². The monoisotopic (exact) mass is 643 g/mol. The van der Waals surface area contributed by atoms with E-state index in [2.05, 4.69) is 39.9 Å². The van der Waals surface area contributed by atoms with Gasteiger partial charge in [0.1, 0.15) is 12.1 Å². The molecule has 3 aromatic carbocycles. The minimum Gasteiger partial charge on any atom is -0.372 e.